The average Bonchev–Trinajstić information content (AvgIpc) is 3.26. The van der Waals surface area contributed by atoms with Crippen LogP contribution >= 0.6 is 0 Å². The molecule has 5 N–H and O–H groups in total. The largest absolute Gasteiger partial charge is 0.394 e. The van der Waals surface area contributed by atoms with Gasteiger partial charge in [0.25, 0.3) is 5.56 Å². The van der Waals surface area contributed by atoms with Crippen LogP contribution in [0.25, 0.3) is 11.2 Å². The lowest BCUT2D eigenvalue weighted by Gasteiger charge is -2.14. The van der Waals surface area contributed by atoms with Crippen molar-refractivity contribution in [1.29, 1.82) is 0 Å². The third-order valence-corrected chi connectivity index (χ3v) is 4.83. The number of aromatic nitrogens is 4. The molecule has 0 spiro atoms. The molecule has 10 nitrogen and oxygen atoms in total. The molecule has 3 heterocycles. The third kappa shape index (κ3) is 3.57. The van der Waals surface area contributed by atoms with Gasteiger partial charge in [-0.25, -0.2) is 4.98 Å². The van der Waals surface area contributed by atoms with Gasteiger partial charge >= 0.3 is 0 Å². The van der Waals surface area contributed by atoms with Crippen LogP contribution in [0.3, 0.4) is 0 Å². The smallest absolute Gasteiger partial charge is 0.280 e. The highest BCUT2D eigenvalue weighted by Gasteiger charge is 2.36. The SMILES string of the molecule is CC(=O)c1cccc(C#Cc2nc3c(=O)[nH]c(N)nc3n2[C@H]2C[C@H](O)[C@@H](CO)O2)c1. The number of hydrogen-bond acceptors (Lipinski definition) is 8. The second-order valence-corrected chi connectivity index (χ2v) is 6.93. The van der Waals surface area contributed by atoms with Gasteiger partial charge in [-0.15, -0.1) is 0 Å². The maximum absolute atomic E-state index is 12.3. The number of fused-ring (bicyclic) bond motifs is 1. The van der Waals surface area contributed by atoms with Crippen LogP contribution in [-0.4, -0.2) is 54.3 Å². The minimum atomic E-state index is -0.898. The van der Waals surface area contributed by atoms with Crippen molar-refractivity contribution in [3.05, 3.63) is 51.6 Å². The Labute approximate surface area is 170 Å². The molecule has 1 fully saturated rings. The summed E-state index contributed by atoms with van der Waals surface area (Å²) in [5, 5.41) is 19.5. The number of nitrogens with one attached hydrogen (secondary N) is 1. The fourth-order valence-electron chi connectivity index (χ4n) is 3.34. The first-order valence-electron chi connectivity index (χ1n) is 9.22. The number of ketones is 1. The maximum Gasteiger partial charge on any atom is 0.280 e. The summed E-state index contributed by atoms with van der Waals surface area (Å²) in [6.07, 6.45) is -2.27. The molecule has 0 unspecified atom stereocenters. The standard InChI is InChI=1S/C20H19N5O5/c1-10(27)12-4-2-3-11(7-12)5-6-15-22-17-18(23-20(21)24-19(17)29)25(15)16-8-13(28)14(9-26)30-16/h2-4,7,13-14,16,26,28H,8-9H2,1H3,(H3,21,23,24,29)/t13-,14+,16+/m0/s1. The number of benzene rings is 1. The van der Waals surface area contributed by atoms with E-state index >= 15 is 0 Å². The van der Waals surface area contributed by atoms with Crippen LogP contribution in [0.4, 0.5) is 5.95 Å². The van der Waals surface area contributed by atoms with Crippen molar-refractivity contribution in [2.75, 3.05) is 12.3 Å². The molecule has 0 amide bonds. The van der Waals surface area contributed by atoms with Crippen molar-refractivity contribution in [3.8, 4) is 11.8 Å². The number of nitrogens with two attached hydrogens (primary N) is 1. The van der Waals surface area contributed by atoms with E-state index in [9.17, 15) is 19.8 Å². The number of hydrogen-bond donors (Lipinski definition) is 4. The second kappa shape index (κ2) is 7.72. The Hall–Kier alpha value is -3.52. The number of carbonyl (C=O) groups excluding carboxylic acids is 1. The topological polar surface area (TPSA) is 156 Å². The molecule has 1 aliphatic heterocycles. The zero-order valence-corrected chi connectivity index (χ0v) is 16.0. The number of rotatable bonds is 3. The number of carbonyl (C=O) groups is 1. The zero-order chi connectivity index (χ0) is 21.4. The van der Waals surface area contributed by atoms with Crippen LogP contribution in [0.1, 0.15) is 41.3 Å². The molecule has 1 aliphatic rings. The minimum Gasteiger partial charge on any atom is -0.394 e. The van der Waals surface area contributed by atoms with E-state index in [0.29, 0.717) is 11.1 Å². The van der Waals surface area contributed by atoms with Gasteiger partial charge in [0.2, 0.25) is 5.95 Å². The van der Waals surface area contributed by atoms with Gasteiger partial charge in [-0.3, -0.25) is 19.1 Å². The molecule has 3 aromatic rings. The van der Waals surface area contributed by atoms with Crippen molar-refractivity contribution >= 4 is 22.9 Å². The van der Waals surface area contributed by atoms with Gasteiger partial charge in [0, 0.05) is 17.5 Å². The van der Waals surface area contributed by atoms with E-state index in [1.54, 1.807) is 24.3 Å². The summed E-state index contributed by atoms with van der Waals surface area (Å²) in [5.74, 6) is 5.81. The van der Waals surface area contributed by atoms with Crippen LogP contribution in [0.15, 0.2) is 29.1 Å². The number of imidazole rings is 1. The highest BCUT2D eigenvalue weighted by Crippen LogP contribution is 2.31. The number of nitrogen functional groups attached to an aromatic ring is 1. The number of aliphatic hydroxyl groups is 2. The lowest BCUT2D eigenvalue weighted by atomic mass is 10.1. The molecule has 0 radical (unpaired) electrons. The van der Waals surface area contributed by atoms with Crippen molar-refractivity contribution in [2.45, 2.75) is 31.8 Å². The first-order valence-corrected chi connectivity index (χ1v) is 9.22. The molecule has 2 aromatic heterocycles. The summed E-state index contributed by atoms with van der Waals surface area (Å²) in [6.45, 7) is 1.11. The number of ether oxygens (including phenoxy) is 1. The Balaban J connectivity index is 1.84. The highest BCUT2D eigenvalue weighted by atomic mass is 16.5. The van der Waals surface area contributed by atoms with E-state index in [-0.39, 0.29) is 41.7 Å². The minimum absolute atomic E-state index is 0.0246. The Morgan fingerprint density at radius 1 is 1.40 bits per heavy atom. The first kappa shape index (κ1) is 19.8. The van der Waals surface area contributed by atoms with E-state index in [1.165, 1.54) is 11.5 Å². The summed E-state index contributed by atoms with van der Waals surface area (Å²) >= 11 is 0. The number of H-pyrrole nitrogens is 1. The quantitative estimate of drug-likeness (QED) is 0.346. The molecule has 30 heavy (non-hydrogen) atoms. The Morgan fingerprint density at radius 2 is 2.20 bits per heavy atom. The molecule has 0 bridgehead atoms. The van der Waals surface area contributed by atoms with Crippen LogP contribution in [0.5, 0.6) is 0 Å². The van der Waals surface area contributed by atoms with Crippen molar-refractivity contribution in [3.63, 3.8) is 0 Å². The summed E-state index contributed by atoms with van der Waals surface area (Å²) in [4.78, 5) is 34.7. The molecular weight excluding hydrogens is 390 g/mol. The van der Waals surface area contributed by atoms with Gasteiger partial charge in [-0.05, 0) is 25.0 Å². The van der Waals surface area contributed by atoms with E-state index in [4.69, 9.17) is 10.5 Å². The number of nitrogens with zero attached hydrogens (tertiary/aromatic N) is 3. The van der Waals surface area contributed by atoms with E-state index in [2.05, 4.69) is 26.8 Å². The number of aromatic amines is 1. The zero-order valence-electron chi connectivity index (χ0n) is 16.0. The van der Waals surface area contributed by atoms with Gasteiger partial charge in [0.05, 0.1) is 12.7 Å². The number of Topliss-reactive ketones (excluding diaryl/α,β-unsaturated/α-hetero) is 1. The Bertz CT molecular complexity index is 1250. The fraction of sp³-hybridized carbons (Fsp3) is 0.300. The van der Waals surface area contributed by atoms with E-state index < -0.39 is 24.0 Å². The molecule has 4 rings (SSSR count). The molecule has 1 saturated heterocycles. The molecule has 0 aliphatic carbocycles. The molecule has 1 aromatic carbocycles. The van der Waals surface area contributed by atoms with Crippen LogP contribution in [-0.2, 0) is 4.74 Å². The fourth-order valence-corrected chi connectivity index (χ4v) is 3.34. The van der Waals surface area contributed by atoms with Gasteiger partial charge in [0.15, 0.2) is 22.8 Å². The summed E-state index contributed by atoms with van der Waals surface area (Å²) < 4.78 is 7.20. The normalized spacial score (nSPS) is 20.8. The molecule has 10 heteroatoms. The van der Waals surface area contributed by atoms with Crippen molar-refractivity contribution < 1.29 is 19.7 Å². The summed E-state index contributed by atoms with van der Waals surface area (Å²) in [6, 6.07) is 6.81. The molecular formula is C20H19N5O5. The lowest BCUT2D eigenvalue weighted by Crippen LogP contribution is -2.24. The van der Waals surface area contributed by atoms with Gasteiger partial charge in [0.1, 0.15) is 12.3 Å². The summed E-state index contributed by atoms with van der Waals surface area (Å²) in [7, 11) is 0. The van der Waals surface area contributed by atoms with Crippen LogP contribution in [0, 0.1) is 11.8 Å². The highest BCUT2D eigenvalue weighted by molar-refractivity contribution is 5.94. The average molecular weight is 409 g/mol. The molecule has 3 atom stereocenters. The van der Waals surface area contributed by atoms with Crippen LogP contribution < -0.4 is 11.3 Å². The van der Waals surface area contributed by atoms with Gasteiger partial charge in [-0.2, -0.15) is 4.98 Å². The van der Waals surface area contributed by atoms with Crippen molar-refractivity contribution in [2.24, 2.45) is 0 Å². The van der Waals surface area contributed by atoms with E-state index in [1.807, 2.05) is 0 Å². The molecule has 0 saturated carbocycles. The lowest BCUT2D eigenvalue weighted by molar-refractivity contribution is -0.0434. The van der Waals surface area contributed by atoms with Crippen molar-refractivity contribution in [1.82, 2.24) is 19.5 Å². The predicted molar refractivity (Wildman–Crippen MR) is 107 cm³/mol. The molecule has 154 valence electrons. The van der Waals surface area contributed by atoms with Crippen LogP contribution in [0.2, 0.25) is 0 Å². The second-order valence-electron chi connectivity index (χ2n) is 6.93. The Morgan fingerprint density at radius 3 is 2.90 bits per heavy atom. The maximum atomic E-state index is 12.3. The van der Waals surface area contributed by atoms with Gasteiger partial charge in [-0.1, -0.05) is 18.1 Å². The number of anilines is 1. The third-order valence-electron chi connectivity index (χ3n) is 4.83. The monoisotopic (exact) mass is 409 g/mol. The summed E-state index contributed by atoms with van der Waals surface area (Å²) in [5.41, 5.74) is 6.45. The van der Waals surface area contributed by atoms with E-state index in [0.717, 1.165) is 0 Å². The predicted octanol–water partition coefficient (Wildman–Crippen LogP) is -0.0551. The Kier molecular flexibility index (Phi) is 5.09. The number of aliphatic hydroxyl groups excluding tert-OH is 2. The van der Waals surface area contributed by atoms with Gasteiger partial charge < -0.3 is 20.7 Å². The first-order chi connectivity index (χ1) is 14.4.